The molecule has 1 aromatic heterocycles. The van der Waals surface area contributed by atoms with Gasteiger partial charge in [0.15, 0.2) is 0 Å². The van der Waals surface area contributed by atoms with Crippen LogP contribution in [-0.2, 0) is 0 Å². The van der Waals surface area contributed by atoms with E-state index in [4.69, 9.17) is 11.6 Å². The third kappa shape index (κ3) is 1.99. The van der Waals surface area contributed by atoms with Gasteiger partial charge >= 0.3 is 0 Å². The van der Waals surface area contributed by atoms with Gasteiger partial charge in [-0.25, -0.2) is 9.97 Å². The molecule has 1 saturated carbocycles. The van der Waals surface area contributed by atoms with Gasteiger partial charge in [-0.3, -0.25) is 0 Å². The van der Waals surface area contributed by atoms with E-state index in [9.17, 15) is 0 Å². The fraction of sp³-hybridized carbons (Fsp3) is 0.714. The van der Waals surface area contributed by atoms with Crippen LogP contribution >= 0.6 is 11.6 Å². The molecule has 0 spiro atoms. The second kappa shape index (κ2) is 4.69. The molecule has 2 unspecified atom stereocenters. The summed E-state index contributed by atoms with van der Waals surface area (Å²) in [4.78, 5) is 11.1. The summed E-state index contributed by atoms with van der Waals surface area (Å²) in [5, 5.41) is 0.618. The van der Waals surface area contributed by atoms with E-state index >= 15 is 0 Å². The lowest BCUT2D eigenvalue weighted by molar-refractivity contribution is 0.494. The minimum Gasteiger partial charge on any atom is -0.356 e. The fourth-order valence-electron chi connectivity index (χ4n) is 3.52. The Morgan fingerprint density at radius 2 is 1.89 bits per heavy atom. The predicted molar refractivity (Wildman–Crippen MR) is 74.2 cm³/mol. The third-order valence-electron chi connectivity index (χ3n) is 4.42. The monoisotopic (exact) mass is 265 g/mol. The molecule has 1 saturated heterocycles. The van der Waals surface area contributed by atoms with Gasteiger partial charge in [0.1, 0.15) is 17.3 Å². The molecule has 3 rings (SSSR count). The molecule has 2 atom stereocenters. The largest absolute Gasteiger partial charge is 0.356 e. The normalized spacial score (nSPS) is 27.0. The molecular weight excluding hydrogens is 246 g/mol. The quantitative estimate of drug-likeness (QED) is 0.767. The molecule has 1 aliphatic carbocycles. The van der Waals surface area contributed by atoms with Gasteiger partial charge in [0.05, 0.1) is 0 Å². The van der Waals surface area contributed by atoms with E-state index in [1.807, 2.05) is 0 Å². The molecule has 2 aliphatic rings. The number of halogens is 1. The lowest BCUT2D eigenvalue weighted by Gasteiger charge is -2.23. The Hall–Kier alpha value is -0.830. The number of fused-ring (bicyclic) bond motifs is 1. The number of nitrogens with zero attached hydrogens (tertiary/aromatic N) is 3. The highest BCUT2D eigenvalue weighted by Gasteiger charge is 2.37. The Kier molecular flexibility index (Phi) is 3.18. The van der Waals surface area contributed by atoms with Crippen molar-refractivity contribution in [2.45, 2.75) is 39.0 Å². The van der Waals surface area contributed by atoms with Crippen LogP contribution in [0.3, 0.4) is 0 Å². The topological polar surface area (TPSA) is 29.0 Å². The maximum absolute atomic E-state index is 6.25. The van der Waals surface area contributed by atoms with E-state index < -0.39 is 0 Å². The second-order valence-corrected chi connectivity index (χ2v) is 6.27. The van der Waals surface area contributed by atoms with Crippen LogP contribution < -0.4 is 4.90 Å². The molecule has 2 heterocycles. The maximum Gasteiger partial charge on any atom is 0.138 e. The number of aromatic nitrogens is 2. The molecule has 0 amide bonds. The van der Waals surface area contributed by atoms with Crippen LogP contribution in [0.15, 0.2) is 6.33 Å². The van der Waals surface area contributed by atoms with Crippen molar-refractivity contribution in [3.05, 3.63) is 17.0 Å². The molecule has 3 nitrogen and oxygen atoms in total. The van der Waals surface area contributed by atoms with Crippen LogP contribution in [0, 0.1) is 11.8 Å². The lowest BCUT2D eigenvalue weighted by Crippen LogP contribution is -2.24. The highest BCUT2D eigenvalue weighted by Crippen LogP contribution is 2.41. The van der Waals surface area contributed by atoms with Crippen molar-refractivity contribution in [1.82, 2.24) is 9.97 Å². The fourth-order valence-corrected chi connectivity index (χ4v) is 3.87. The number of anilines is 1. The van der Waals surface area contributed by atoms with Gasteiger partial charge in [0, 0.05) is 18.7 Å². The summed E-state index contributed by atoms with van der Waals surface area (Å²) < 4.78 is 0. The second-order valence-electron chi connectivity index (χ2n) is 5.91. The summed E-state index contributed by atoms with van der Waals surface area (Å²) in [5.74, 6) is 3.19. The summed E-state index contributed by atoms with van der Waals surface area (Å²) in [6, 6.07) is 0. The summed E-state index contributed by atoms with van der Waals surface area (Å²) in [6.45, 7) is 6.62. The highest BCUT2D eigenvalue weighted by molar-refractivity contribution is 6.30. The van der Waals surface area contributed by atoms with E-state index in [0.717, 1.165) is 36.3 Å². The van der Waals surface area contributed by atoms with Gasteiger partial charge in [-0.05, 0) is 30.6 Å². The van der Waals surface area contributed by atoms with E-state index in [0.29, 0.717) is 11.1 Å². The third-order valence-corrected chi connectivity index (χ3v) is 4.72. The smallest absolute Gasteiger partial charge is 0.138 e. The summed E-state index contributed by atoms with van der Waals surface area (Å²) in [5.41, 5.74) is 1.11. The molecule has 0 N–H and O–H groups in total. The summed E-state index contributed by atoms with van der Waals surface area (Å²) in [7, 11) is 0. The van der Waals surface area contributed by atoms with Crippen LogP contribution in [0.5, 0.6) is 0 Å². The highest BCUT2D eigenvalue weighted by atomic mass is 35.5. The van der Waals surface area contributed by atoms with E-state index in [2.05, 4.69) is 28.7 Å². The van der Waals surface area contributed by atoms with Crippen molar-refractivity contribution in [2.24, 2.45) is 11.8 Å². The molecule has 0 bridgehead atoms. The number of hydrogen-bond acceptors (Lipinski definition) is 3. The van der Waals surface area contributed by atoms with Crippen LogP contribution in [0.1, 0.15) is 44.6 Å². The summed E-state index contributed by atoms with van der Waals surface area (Å²) in [6.07, 6.45) is 5.77. The summed E-state index contributed by atoms with van der Waals surface area (Å²) >= 11 is 6.25. The van der Waals surface area contributed by atoms with Crippen LogP contribution in [0.2, 0.25) is 5.15 Å². The molecule has 98 valence electrons. The first-order valence-electron chi connectivity index (χ1n) is 6.92. The first-order valence-corrected chi connectivity index (χ1v) is 7.30. The van der Waals surface area contributed by atoms with Gasteiger partial charge in [0.25, 0.3) is 0 Å². The zero-order chi connectivity index (χ0) is 12.7. The first-order chi connectivity index (χ1) is 8.66. The van der Waals surface area contributed by atoms with Crippen LogP contribution in [-0.4, -0.2) is 23.1 Å². The maximum atomic E-state index is 6.25. The van der Waals surface area contributed by atoms with Gasteiger partial charge in [-0.2, -0.15) is 0 Å². The number of hydrogen-bond donors (Lipinski definition) is 0. The SMILES string of the molecule is CC(C)c1c(Cl)ncnc1N1CC2CCCC2C1. The van der Waals surface area contributed by atoms with Crippen molar-refractivity contribution in [3.8, 4) is 0 Å². The van der Waals surface area contributed by atoms with Crippen molar-refractivity contribution in [1.29, 1.82) is 0 Å². The molecule has 1 aliphatic heterocycles. The van der Waals surface area contributed by atoms with Crippen molar-refractivity contribution >= 4 is 17.4 Å². The molecule has 2 fully saturated rings. The van der Waals surface area contributed by atoms with Gasteiger partial charge in [-0.1, -0.05) is 31.9 Å². The Labute approximate surface area is 114 Å². The molecular formula is C14H20ClN3. The van der Waals surface area contributed by atoms with Gasteiger partial charge in [-0.15, -0.1) is 0 Å². The predicted octanol–water partition coefficient (Wildman–Crippen LogP) is 3.49. The molecule has 18 heavy (non-hydrogen) atoms. The Balaban J connectivity index is 1.91. The van der Waals surface area contributed by atoms with Crippen molar-refractivity contribution in [2.75, 3.05) is 18.0 Å². The first kappa shape index (κ1) is 12.2. The van der Waals surface area contributed by atoms with E-state index in [-0.39, 0.29) is 0 Å². The van der Waals surface area contributed by atoms with Crippen LogP contribution in [0.25, 0.3) is 0 Å². The molecule has 1 aromatic rings. The Morgan fingerprint density at radius 3 is 2.50 bits per heavy atom. The van der Waals surface area contributed by atoms with E-state index in [1.165, 1.54) is 19.3 Å². The van der Waals surface area contributed by atoms with Gasteiger partial charge in [0.2, 0.25) is 0 Å². The van der Waals surface area contributed by atoms with E-state index in [1.54, 1.807) is 6.33 Å². The Morgan fingerprint density at radius 1 is 1.22 bits per heavy atom. The molecule has 4 heteroatoms. The van der Waals surface area contributed by atoms with Crippen LogP contribution in [0.4, 0.5) is 5.82 Å². The zero-order valence-electron chi connectivity index (χ0n) is 11.1. The Bertz CT molecular complexity index is 435. The number of rotatable bonds is 2. The van der Waals surface area contributed by atoms with Crippen molar-refractivity contribution in [3.63, 3.8) is 0 Å². The average Bonchev–Trinajstić information content (AvgIpc) is 2.87. The van der Waals surface area contributed by atoms with Gasteiger partial charge < -0.3 is 4.90 Å². The molecule has 0 radical (unpaired) electrons. The minimum atomic E-state index is 0.370. The standard InChI is InChI=1S/C14H20ClN3/c1-9(2)12-13(15)16-8-17-14(12)18-6-10-4-3-5-11(10)7-18/h8-11H,3-7H2,1-2H3. The zero-order valence-corrected chi connectivity index (χ0v) is 11.8. The van der Waals surface area contributed by atoms with Crippen molar-refractivity contribution < 1.29 is 0 Å². The lowest BCUT2D eigenvalue weighted by atomic mass is 10.0. The average molecular weight is 266 g/mol. The minimum absolute atomic E-state index is 0.370. The molecule has 0 aromatic carbocycles.